The molecule has 0 aromatic rings. The highest BCUT2D eigenvalue weighted by molar-refractivity contribution is 5.83. The summed E-state index contributed by atoms with van der Waals surface area (Å²) in [5.41, 5.74) is 0. The summed E-state index contributed by atoms with van der Waals surface area (Å²) < 4.78 is 14.0. The van der Waals surface area contributed by atoms with Crippen molar-refractivity contribution >= 4 is 17.9 Å². The van der Waals surface area contributed by atoms with Gasteiger partial charge in [0, 0.05) is 12.8 Å². The van der Waals surface area contributed by atoms with Crippen molar-refractivity contribution in [1.29, 1.82) is 0 Å². The maximum Gasteiger partial charge on any atom is 0.370 e. The van der Waals surface area contributed by atoms with E-state index in [1.54, 1.807) is 6.92 Å². The van der Waals surface area contributed by atoms with E-state index in [0.29, 0.717) is 32.7 Å². The van der Waals surface area contributed by atoms with Crippen molar-refractivity contribution < 1.29 is 33.7 Å². The fraction of sp³-hybridized carbons (Fsp3) is 0.706. The number of aliphatic carboxylic acids is 1. The highest BCUT2D eigenvalue weighted by atomic mass is 16.5. The molecule has 1 N–H and O–H groups in total. The Morgan fingerprint density at radius 1 is 1.00 bits per heavy atom. The first kappa shape index (κ1) is 21.9. The van der Waals surface area contributed by atoms with Crippen molar-refractivity contribution in [1.82, 2.24) is 0 Å². The number of carbonyl (C=O) groups is 3. The van der Waals surface area contributed by atoms with Crippen molar-refractivity contribution in [3.63, 3.8) is 0 Å². The maximum atomic E-state index is 10.5. The fourth-order valence-electron chi connectivity index (χ4n) is 1.85. The van der Waals surface area contributed by atoms with Gasteiger partial charge in [0.05, 0.1) is 19.8 Å². The molecule has 2 aliphatic heterocycles. The van der Waals surface area contributed by atoms with Gasteiger partial charge in [-0.05, 0) is 52.0 Å². The summed E-state index contributed by atoms with van der Waals surface area (Å²) in [4.78, 5) is 30.8. The predicted molar refractivity (Wildman–Crippen MR) is 87.3 cm³/mol. The van der Waals surface area contributed by atoms with Gasteiger partial charge in [0.15, 0.2) is 5.76 Å². The van der Waals surface area contributed by atoms with Gasteiger partial charge in [0.1, 0.15) is 0 Å². The number of carboxylic acids is 1. The highest BCUT2D eigenvalue weighted by Crippen LogP contribution is 2.07. The van der Waals surface area contributed by atoms with Crippen LogP contribution in [-0.4, -0.2) is 42.8 Å². The Labute approximate surface area is 143 Å². The number of hydrogen-bond donors (Lipinski definition) is 1. The Balaban J connectivity index is 0.000000331. The third-order valence-electron chi connectivity index (χ3n) is 3.13. The Kier molecular flexibility index (Phi) is 13.3. The normalized spacial score (nSPS) is 17.2. The minimum absolute atomic E-state index is 0.0255. The van der Waals surface area contributed by atoms with E-state index < -0.39 is 5.97 Å². The van der Waals surface area contributed by atoms with E-state index in [0.717, 1.165) is 38.5 Å². The Bertz CT molecular complexity index is 360. The van der Waals surface area contributed by atoms with Gasteiger partial charge in [-0.25, -0.2) is 4.79 Å². The van der Waals surface area contributed by atoms with Gasteiger partial charge in [-0.1, -0.05) is 0 Å². The zero-order chi connectivity index (χ0) is 18.2. The molecule has 7 nitrogen and oxygen atoms in total. The van der Waals surface area contributed by atoms with Gasteiger partial charge in [0.2, 0.25) is 0 Å². The Morgan fingerprint density at radius 3 is 1.79 bits per heavy atom. The van der Waals surface area contributed by atoms with Crippen LogP contribution in [0.1, 0.15) is 58.3 Å². The van der Waals surface area contributed by atoms with Crippen LogP contribution < -0.4 is 0 Å². The van der Waals surface area contributed by atoms with E-state index in [9.17, 15) is 14.4 Å². The molecule has 2 saturated heterocycles. The molecule has 0 aromatic heterocycles. The molecule has 2 heterocycles. The second kappa shape index (κ2) is 14.5. The van der Waals surface area contributed by atoms with E-state index >= 15 is 0 Å². The van der Waals surface area contributed by atoms with Gasteiger partial charge in [-0.3, -0.25) is 9.59 Å². The molecular formula is C17H28O7. The predicted octanol–water partition coefficient (Wildman–Crippen LogP) is 2.83. The average Bonchev–Trinajstić information content (AvgIpc) is 2.93. The molecule has 0 aromatic carbocycles. The largest absolute Gasteiger partial charge is 0.487 e. The standard InChI is InChI=1S/2C6H10O2.C5H8O3/c2*7-6-4-2-1-3-5-8-6;1-3-8-4(2)5(6)7/h2*1-5H2;2-3H2,1H3,(H,6,7). The molecule has 2 rings (SSSR count). The second-order valence-electron chi connectivity index (χ2n) is 5.22. The lowest BCUT2D eigenvalue weighted by Crippen LogP contribution is -2.02. The van der Waals surface area contributed by atoms with Gasteiger partial charge in [0.25, 0.3) is 0 Å². The lowest BCUT2D eigenvalue weighted by atomic mass is 10.2. The minimum Gasteiger partial charge on any atom is -0.487 e. The van der Waals surface area contributed by atoms with Gasteiger partial charge >= 0.3 is 17.9 Å². The molecule has 7 heteroatoms. The molecule has 2 aliphatic rings. The quantitative estimate of drug-likeness (QED) is 0.477. The SMILES string of the molecule is C=C(OCC)C(=O)O.O=C1CCCCCO1.O=C1CCCCCO1. The van der Waals surface area contributed by atoms with Crippen molar-refractivity contribution in [3.05, 3.63) is 12.3 Å². The molecule has 24 heavy (non-hydrogen) atoms. The second-order valence-corrected chi connectivity index (χ2v) is 5.22. The zero-order valence-electron chi connectivity index (χ0n) is 14.4. The Morgan fingerprint density at radius 2 is 1.46 bits per heavy atom. The average molecular weight is 344 g/mol. The monoisotopic (exact) mass is 344 g/mol. The summed E-state index contributed by atoms with van der Waals surface area (Å²) in [6.45, 7) is 6.45. The summed E-state index contributed by atoms with van der Waals surface area (Å²) in [6.07, 6.45) is 7.66. The van der Waals surface area contributed by atoms with E-state index in [1.807, 2.05) is 0 Å². The van der Waals surface area contributed by atoms with Crippen LogP contribution in [0.25, 0.3) is 0 Å². The number of rotatable bonds is 3. The van der Waals surface area contributed by atoms with E-state index in [-0.39, 0.29) is 17.7 Å². The number of carbonyl (C=O) groups excluding carboxylic acids is 2. The molecule has 0 spiro atoms. The van der Waals surface area contributed by atoms with Crippen LogP contribution >= 0.6 is 0 Å². The fourth-order valence-corrected chi connectivity index (χ4v) is 1.85. The van der Waals surface area contributed by atoms with E-state index in [2.05, 4.69) is 11.3 Å². The summed E-state index contributed by atoms with van der Waals surface area (Å²) in [5.74, 6) is -1.36. The first-order valence-electron chi connectivity index (χ1n) is 8.33. The van der Waals surface area contributed by atoms with Crippen molar-refractivity contribution in [2.45, 2.75) is 58.3 Å². The zero-order valence-corrected chi connectivity index (χ0v) is 14.4. The van der Waals surface area contributed by atoms with Crippen LogP contribution in [0.2, 0.25) is 0 Å². The van der Waals surface area contributed by atoms with Crippen molar-refractivity contribution in [2.75, 3.05) is 19.8 Å². The molecule has 0 radical (unpaired) electrons. The molecule has 0 atom stereocenters. The highest BCUT2D eigenvalue weighted by Gasteiger charge is 2.06. The summed E-state index contributed by atoms with van der Waals surface area (Å²) in [7, 11) is 0. The van der Waals surface area contributed by atoms with Crippen molar-refractivity contribution in [3.8, 4) is 0 Å². The van der Waals surface area contributed by atoms with Crippen LogP contribution in [-0.2, 0) is 28.6 Å². The Hall–Kier alpha value is -2.05. The van der Waals surface area contributed by atoms with E-state index in [4.69, 9.17) is 14.6 Å². The first-order valence-corrected chi connectivity index (χ1v) is 8.33. The molecule has 0 aliphatic carbocycles. The van der Waals surface area contributed by atoms with Crippen LogP contribution in [0.4, 0.5) is 0 Å². The number of carboxylic acid groups (broad SMARTS) is 1. The van der Waals surface area contributed by atoms with Crippen LogP contribution in [0.5, 0.6) is 0 Å². The smallest absolute Gasteiger partial charge is 0.370 e. The summed E-state index contributed by atoms with van der Waals surface area (Å²) in [5, 5.41) is 8.09. The molecule has 0 bridgehead atoms. The van der Waals surface area contributed by atoms with Crippen molar-refractivity contribution in [2.24, 2.45) is 0 Å². The third-order valence-corrected chi connectivity index (χ3v) is 3.13. The number of hydrogen-bond acceptors (Lipinski definition) is 6. The van der Waals surface area contributed by atoms with Crippen LogP contribution in [0.15, 0.2) is 12.3 Å². The molecule has 0 unspecified atom stereocenters. The topological polar surface area (TPSA) is 99.1 Å². The molecule has 0 saturated carbocycles. The van der Waals surface area contributed by atoms with Gasteiger partial charge < -0.3 is 19.3 Å². The molecule has 0 amide bonds. The first-order chi connectivity index (χ1) is 11.5. The lowest BCUT2D eigenvalue weighted by molar-refractivity contribution is -0.143. The van der Waals surface area contributed by atoms with Gasteiger partial charge in [-0.2, -0.15) is 0 Å². The van der Waals surface area contributed by atoms with Gasteiger partial charge in [-0.15, -0.1) is 0 Å². The number of esters is 2. The molecule has 138 valence electrons. The minimum atomic E-state index is -1.10. The molecular weight excluding hydrogens is 316 g/mol. The number of cyclic esters (lactones) is 2. The van der Waals surface area contributed by atoms with Crippen LogP contribution in [0.3, 0.4) is 0 Å². The lowest BCUT2D eigenvalue weighted by Gasteiger charge is -1.97. The van der Waals surface area contributed by atoms with Crippen LogP contribution in [0, 0.1) is 0 Å². The summed E-state index contributed by atoms with van der Waals surface area (Å²) in [6, 6.07) is 0. The number of ether oxygens (including phenoxy) is 3. The third kappa shape index (κ3) is 13.6. The summed E-state index contributed by atoms with van der Waals surface area (Å²) >= 11 is 0. The maximum absolute atomic E-state index is 10.5. The van der Waals surface area contributed by atoms with E-state index in [1.165, 1.54) is 0 Å². The molecule has 2 fully saturated rings.